The molecule has 0 aromatic carbocycles. The van der Waals surface area contributed by atoms with Gasteiger partial charge in [-0.1, -0.05) is 13.3 Å². The lowest BCUT2D eigenvalue weighted by Crippen LogP contribution is -2.42. The first-order valence-electron chi connectivity index (χ1n) is 5.40. The molecule has 15 heavy (non-hydrogen) atoms. The predicted molar refractivity (Wildman–Crippen MR) is 67.3 cm³/mol. The standard InChI is InChI=1S/C10H21NO2S2/c1-8(14-2)7-11-9-5-4-6-10(9)15(3,12)13/h8-11H,4-7H2,1-3H3. The van der Waals surface area contributed by atoms with Crippen LogP contribution in [0.4, 0.5) is 0 Å². The zero-order valence-corrected chi connectivity index (χ0v) is 11.3. The number of nitrogens with one attached hydrogen (secondary N) is 1. The predicted octanol–water partition coefficient (Wildman–Crippen LogP) is 1.29. The Kier molecular flexibility index (Phi) is 4.93. The van der Waals surface area contributed by atoms with Gasteiger partial charge in [-0.25, -0.2) is 8.42 Å². The number of thioether (sulfide) groups is 1. The largest absolute Gasteiger partial charge is 0.312 e. The summed E-state index contributed by atoms with van der Waals surface area (Å²) in [5.74, 6) is 0. The van der Waals surface area contributed by atoms with Gasteiger partial charge in [-0.05, 0) is 19.1 Å². The molecule has 0 bridgehead atoms. The quantitative estimate of drug-likeness (QED) is 0.800. The van der Waals surface area contributed by atoms with Crippen molar-refractivity contribution in [3.05, 3.63) is 0 Å². The number of hydrogen-bond acceptors (Lipinski definition) is 4. The van der Waals surface area contributed by atoms with E-state index in [1.54, 1.807) is 11.8 Å². The van der Waals surface area contributed by atoms with Crippen molar-refractivity contribution >= 4 is 21.6 Å². The summed E-state index contributed by atoms with van der Waals surface area (Å²) in [5.41, 5.74) is 0. The third-order valence-corrected chi connectivity index (χ3v) is 5.71. The Hall–Kier alpha value is 0.260. The molecule has 1 aliphatic carbocycles. The molecule has 0 heterocycles. The third-order valence-electron chi connectivity index (χ3n) is 3.07. The lowest BCUT2D eigenvalue weighted by Gasteiger charge is -2.21. The topological polar surface area (TPSA) is 46.2 Å². The van der Waals surface area contributed by atoms with Crippen LogP contribution in [0.15, 0.2) is 0 Å². The van der Waals surface area contributed by atoms with Crippen LogP contribution in [0.25, 0.3) is 0 Å². The molecule has 0 aromatic rings. The Morgan fingerprint density at radius 3 is 2.67 bits per heavy atom. The molecule has 0 amide bonds. The second-order valence-electron chi connectivity index (χ2n) is 4.36. The lowest BCUT2D eigenvalue weighted by molar-refractivity contribution is 0.510. The summed E-state index contributed by atoms with van der Waals surface area (Å²) in [7, 11) is -2.88. The average Bonchev–Trinajstić information content (AvgIpc) is 2.61. The van der Waals surface area contributed by atoms with Crippen LogP contribution in [0.1, 0.15) is 26.2 Å². The van der Waals surface area contributed by atoms with E-state index in [0.29, 0.717) is 5.25 Å². The van der Waals surface area contributed by atoms with Gasteiger partial charge in [0, 0.05) is 24.1 Å². The molecule has 3 atom stereocenters. The van der Waals surface area contributed by atoms with Crippen molar-refractivity contribution in [2.75, 3.05) is 19.1 Å². The van der Waals surface area contributed by atoms with Gasteiger partial charge >= 0.3 is 0 Å². The second kappa shape index (κ2) is 5.55. The van der Waals surface area contributed by atoms with Crippen molar-refractivity contribution in [1.82, 2.24) is 5.32 Å². The second-order valence-corrected chi connectivity index (χ2v) is 7.90. The molecule has 0 aromatic heterocycles. The highest BCUT2D eigenvalue weighted by atomic mass is 32.2. The van der Waals surface area contributed by atoms with E-state index in [1.165, 1.54) is 6.26 Å². The lowest BCUT2D eigenvalue weighted by atomic mass is 10.2. The van der Waals surface area contributed by atoms with Gasteiger partial charge in [0.25, 0.3) is 0 Å². The van der Waals surface area contributed by atoms with Crippen molar-refractivity contribution in [2.24, 2.45) is 0 Å². The van der Waals surface area contributed by atoms with Crippen LogP contribution in [0.2, 0.25) is 0 Å². The Balaban J connectivity index is 2.47. The van der Waals surface area contributed by atoms with Crippen molar-refractivity contribution in [1.29, 1.82) is 0 Å². The molecule has 5 heteroatoms. The Bertz CT molecular complexity index is 290. The molecule has 1 rings (SSSR count). The molecule has 3 nitrogen and oxygen atoms in total. The van der Waals surface area contributed by atoms with Crippen molar-refractivity contribution in [3.8, 4) is 0 Å². The van der Waals surface area contributed by atoms with Crippen molar-refractivity contribution in [2.45, 2.75) is 42.7 Å². The number of hydrogen-bond donors (Lipinski definition) is 1. The first-order valence-corrected chi connectivity index (χ1v) is 8.64. The van der Waals surface area contributed by atoms with Crippen molar-refractivity contribution in [3.63, 3.8) is 0 Å². The van der Waals surface area contributed by atoms with E-state index >= 15 is 0 Å². The first kappa shape index (κ1) is 13.3. The molecule has 3 unspecified atom stereocenters. The van der Waals surface area contributed by atoms with E-state index in [-0.39, 0.29) is 11.3 Å². The normalized spacial score (nSPS) is 29.3. The van der Waals surface area contributed by atoms with Gasteiger partial charge < -0.3 is 5.32 Å². The monoisotopic (exact) mass is 251 g/mol. The smallest absolute Gasteiger partial charge is 0.151 e. The molecule has 0 saturated heterocycles. The third kappa shape index (κ3) is 3.96. The maximum Gasteiger partial charge on any atom is 0.151 e. The highest BCUT2D eigenvalue weighted by molar-refractivity contribution is 7.99. The van der Waals surface area contributed by atoms with Gasteiger partial charge in [-0.15, -0.1) is 0 Å². The minimum absolute atomic E-state index is 0.161. The van der Waals surface area contributed by atoms with Crippen LogP contribution in [0.5, 0.6) is 0 Å². The molecule has 1 fully saturated rings. The van der Waals surface area contributed by atoms with Gasteiger partial charge in [0.1, 0.15) is 0 Å². The van der Waals surface area contributed by atoms with Crippen LogP contribution >= 0.6 is 11.8 Å². The van der Waals surface area contributed by atoms with Crippen LogP contribution in [-0.2, 0) is 9.84 Å². The molecule has 0 radical (unpaired) electrons. The van der Waals surface area contributed by atoms with Gasteiger partial charge in [0.15, 0.2) is 9.84 Å². The van der Waals surface area contributed by atoms with Gasteiger partial charge in [0.2, 0.25) is 0 Å². The maximum absolute atomic E-state index is 11.5. The zero-order valence-electron chi connectivity index (χ0n) is 9.69. The molecule has 1 aliphatic rings. The van der Waals surface area contributed by atoms with Gasteiger partial charge in [-0.2, -0.15) is 11.8 Å². The van der Waals surface area contributed by atoms with E-state index in [1.807, 2.05) is 0 Å². The van der Waals surface area contributed by atoms with E-state index in [9.17, 15) is 8.42 Å². The minimum atomic E-state index is -2.88. The highest BCUT2D eigenvalue weighted by Gasteiger charge is 2.34. The SMILES string of the molecule is CSC(C)CNC1CCCC1S(C)(=O)=O. The van der Waals surface area contributed by atoms with E-state index < -0.39 is 9.84 Å². The van der Waals surface area contributed by atoms with E-state index in [2.05, 4.69) is 18.5 Å². The first-order chi connectivity index (χ1) is 6.95. The van der Waals surface area contributed by atoms with Gasteiger partial charge in [-0.3, -0.25) is 0 Å². The van der Waals surface area contributed by atoms with E-state index in [4.69, 9.17) is 0 Å². The Morgan fingerprint density at radius 1 is 1.47 bits per heavy atom. The van der Waals surface area contributed by atoms with Crippen molar-refractivity contribution < 1.29 is 8.42 Å². The molecular formula is C10H21NO2S2. The fourth-order valence-corrected chi connectivity index (χ4v) is 3.76. The van der Waals surface area contributed by atoms with Crippen LogP contribution in [0.3, 0.4) is 0 Å². The van der Waals surface area contributed by atoms with Crippen LogP contribution in [0, 0.1) is 0 Å². The Labute approximate surface area is 97.3 Å². The summed E-state index contributed by atoms with van der Waals surface area (Å²) in [6, 6.07) is 0.176. The van der Waals surface area contributed by atoms with Gasteiger partial charge in [0.05, 0.1) is 5.25 Å². The minimum Gasteiger partial charge on any atom is -0.312 e. The molecule has 0 aliphatic heterocycles. The summed E-state index contributed by atoms with van der Waals surface area (Å²) in [6.45, 7) is 3.06. The summed E-state index contributed by atoms with van der Waals surface area (Å²) in [6.07, 6.45) is 6.29. The molecule has 1 saturated carbocycles. The fraction of sp³-hybridized carbons (Fsp3) is 1.00. The zero-order chi connectivity index (χ0) is 11.5. The van der Waals surface area contributed by atoms with Crippen LogP contribution < -0.4 is 5.32 Å². The summed E-state index contributed by atoms with van der Waals surface area (Å²) in [5, 5.41) is 3.78. The molecule has 0 spiro atoms. The fourth-order valence-electron chi connectivity index (χ4n) is 2.07. The number of sulfone groups is 1. The Morgan fingerprint density at radius 2 is 2.13 bits per heavy atom. The molecular weight excluding hydrogens is 230 g/mol. The molecule has 1 N–H and O–H groups in total. The summed E-state index contributed by atoms with van der Waals surface area (Å²) < 4.78 is 23.0. The summed E-state index contributed by atoms with van der Waals surface area (Å²) >= 11 is 1.80. The summed E-state index contributed by atoms with van der Waals surface area (Å²) in [4.78, 5) is 0. The van der Waals surface area contributed by atoms with Crippen LogP contribution in [-0.4, -0.2) is 44.0 Å². The highest BCUT2D eigenvalue weighted by Crippen LogP contribution is 2.25. The number of rotatable bonds is 5. The maximum atomic E-state index is 11.5. The molecule has 90 valence electrons. The average molecular weight is 251 g/mol. The van der Waals surface area contributed by atoms with E-state index in [0.717, 1.165) is 25.8 Å².